The lowest BCUT2D eigenvalue weighted by molar-refractivity contribution is 0.104. The van der Waals surface area contributed by atoms with Crippen molar-refractivity contribution in [1.29, 1.82) is 0 Å². The highest BCUT2D eigenvalue weighted by molar-refractivity contribution is 7.17. The number of thiophene rings is 1. The van der Waals surface area contributed by atoms with Gasteiger partial charge in [0.15, 0.2) is 0 Å². The summed E-state index contributed by atoms with van der Waals surface area (Å²) in [7, 11) is 0. The van der Waals surface area contributed by atoms with E-state index in [2.05, 4.69) is 4.98 Å². The Hall–Kier alpha value is -1.00. The Kier molecular flexibility index (Phi) is 2.48. The molecule has 0 N–H and O–H groups in total. The molecule has 14 heavy (non-hydrogen) atoms. The molecule has 0 aliphatic rings. The van der Waals surface area contributed by atoms with Crippen LogP contribution >= 0.6 is 22.7 Å². The third kappa shape index (κ3) is 1.76. The first kappa shape index (κ1) is 9.55. The third-order valence-electron chi connectivity index (χ3n) is 1.81. The Labute approximate surface area is 90.2 Å². The number of thiazole rings is 1. The maximum Gasteiger partial charge on any atom is 0.214 e. The molecule has 0 aliphatic carbocycles. The molecule has 4 heteroatoms. The molecule has 2 nitrogen and oxygen atoms in total. The molecule has 0 amide bonds. The van der Waals surface area contributed by atoms with E-state index < -0.39 is 0 Å². The van der Waals surface area contributed by atoms with E-state index in [0.717, 1.165) is 19.6 Å². The van der Waals surface area contributed by atoms with Crippen LogP contribution in [0.3, 0.4) is 0 Å². The van der Waals surface area contributed by atoms with Gasteiger partial charge in [-0.25, -0.2) is 4.98 Å². The van der Waals surface area contributed by atoms with Gasteiger partial charge in [-0.2, -0.15) is 0 Å². The van der Waals surface area contributed by atoms with Crippen LogP contribution in [-0.2, 0) is 0 Å². The summed E-state index contributed by atoms with van der Waals surface area (Å²) < 4.78 is 0. The van der Waals surface area contributed by atoms with Crippen molar-refractivity contribution in [3.63, 3.8) is 0 Å². The number of hydrogen-bond acceptors (Lipinski definition) is 4. The fraction of sp³-hybridized carbons (Fsp3) is 0.200. The number of carbonyl (C=O) groups is 1. The lowest BCUT2D eigenvalue weighted by Gasteiger charge is -1.89. The minimum absolute atomic E-state index is 0.0914. The average molecular weight is 223 g/mol. The summed E-state index contributed by atoms with van der Waals surface area (Å²) in [6.45, 7) is 3.90. The molecule has 2 aromatic rings. The van der Waals surface area contributed by atoms with Crippen LogP contribution in [0.15, 0.2) is 18.3 Å². The maximum atomic E-state index is 11.9. The van der Waals surface area contributed by atoms with E-state index in [0.29, 0.717) is 0 Å². The lowest BCUT2D eigenvalue weighted by atomic mass is 10.3. The molecule has 2 rings (SSSR count). The first-order chi connectivity index (χ1) is 6.66. The minimum atomic E-state index is 0.0914. The first-order valence-corrected chi connectivity index (χ1v) is 5.83. The predicted octanol–water partition coefficient (Wildman–Crippen LogP) is 3.05. The fourth-order valence-corrected chi connectivity index (χ4v) is 2.76. The number of aryl methyl sites for hydroxylation is 2. The summed E-state index contributed by atoms with van der Waals surface area (Å²) in [6, 6.07) is 3.84. The number of aromatic nitrogens is 1. The van der Waals surface area contributed by atoms with Gasteiger partial charge in [0.25, 0.3) is 0 Å². The van der Waals surface area contributed by atoms with Crippen LogP contribution in [-0.4, -0.2) is 10.8 Å². The van der Waals surface area contributed by atoms with Crippen molar-refractivity contribution in [2.75, 3.05) is 0 Å². The summed E-state index contributed by atoms with van der Waals surface area (Å²) >= 11 is 2.98. The van der Waals surface area contributed by atoms with Crippen molar-refractivity contribution < 1.29 is 4.79 Å². The normalized spacial score (nSPS) is 10.4. The van der Waals surface area contributed by atoms with Crippen molar-refractivity contribution in [1.82, 2.24) is 4.98 Å². The third-order valence-corrected chi connectivity index (χ3v) is 3.72. The van der Waals surface area contributed by atoms with Crippen molar-refractivity contribution in [3.8, 4) is 0 Å². The highest BCUT2D eigenvalue weighted by Gasteiger charge is 2.13. The Morgan fingerprint density at radius 2 is 2.00 bits per heavy atom. The minimum Gasteiger partial charge on any atom is -0.287 e. The van der Waals surface area contributed by atoms with E-state index in [1.165, 1.54) is 22.7 Å². The summed E-state index contributed by atoms with van der Waals surface area (Å²) in [5, 5.41) is 0.932. The van der Waals surface area contributed by atoms with Crippen molar-refractivity contribution >= 4 is 28.5 Å². The van der Waals surface area contributed by atoms with Gasteiger partial charge in [-0.3, -0.25) is 4.79 Å². The zero-order valence-electron chi connectivity index (χ0n) is 7.90. The average Bonchev–Trinajstić information content (AvgIpc) is 2.73. The van der Waals surface area contributed by atoms with Gasteiger partial charge in [0.1, 0.15) is 0 Å². The molecule has 0 saturated carbocycles. The molecule has 0 bridgehead atoms. The second kappa shape index (κ2) is 3.63. The van der Waals surface area contributed by atoms with Crippen LogP contribution < -0.4 is 0 Å². The molecule has 2 aromatic heterocycles. The second-order valence-corrected chi connectivity index (χ2v) is 5.51. The van der Waals surface area contributed by atoms with Crippen LogP contribution in [0.25, 0.3) is 0 Å². The highest BCUT2D eigenvalue weighted by Crippen LogP contribution is 2.22. The van der Waals surface area contributed by atoms with Gasteiger partial charge in [0.2, 0.25) is 5.78 Å². The van der Waals surface area contributed by atoms with Gasteiger partial charge >= 0.3 is 0 Å². The van der Waals surface area contributed by atoms with Gasteiger partial charge < -0.3 is 0 Å². The van der Waals surface area contributed by atoms with Crippen LogP contribution in [0.2, 0.25) is 0 Å². The molecular weight excluding hydrogens is 214 g/mol. The van der Waals surface area contributed by atoms with Gasteiger partial charge in [0, 0.05) is 11.1 Å². The predicted molar refractivity (Wildman–Crippen MR) is 59.3 cm³/mol. The van der Waals surface area contributed by atoms with E-state index in [1.54, 1.807) is 6.20 Å². The molecule has 0 radical (unpaired) electrons. The molecule has 72 valence electrons. The molecule has 0 unspecified atom stereocenters. The molecular formula is C10H9NOS2. The van der Waals surface area contributed by atoms with Crippen LogP contribution in [0.4, 0.5) is 0 Å². The van der Waals surface area contributed by atoms with Gasteiger partial charge in [-0.15, -0.1) is 22.7 Å². The first-order valence-electron chi connectivity index (χ1n) is 4.20. The number of rotatable bonds is 2. The van der Waals surface area contributed by atoms with E-state index in [9.17, 15) is 4.79 Å². The van der Waals surface area contributed by atoms with E-state index in [1.807, 2.05) is 26.0 Å². The zero-order chi connectivity index (χ0) is 10.1. The molecule has 0 spiro atoms. The van der Waals surface area contributed by atoms with Crippen LogP contribution in [0.5, 0.6) is 0 Å². The summed E-state index contributed by atoms with van der Waals surface area (Å²) in [6.07, 6.45) is 1.65. The smallest absolute Gasteiger partial charge is 0.214 e. The zero-order valence-corrected chi connectivity index (χ0v) is 9.54. The van der Waals surface area contributed by atoms with E-state index in [4.69, 9.17) is 0 Å². The second-order valence-electron chi connectivity index (χ2n) is 2.98. The summed E-state index contributed by atoms with van der Waals surface area (Å²) in [5.41, 5.74) is 0. The standard InChI is InChI=1S/C10H9NOS2/c1-6-3-4-8(13-6)10(12)9-5-11-7(2)14-9/h3-5H,1-2H3. The number of hydrogen-bond donors (Lipinski definition) is 0. The Morgan fingerprint density at radius 3 is 2.50 bits per heavy atom. The van der Waals surface area contributed by atoms with Crippen molar-refractivity contribution in [3.05, 3.63) is 38.0 Å². The van der Waals surface area contributed by atoms with E-state index >= 15 is 0 Å². The Morgan fingerprint density at radius 1 is 1.21 bits per heavy atom. The topological polar surface area (TPSA) is 30.0 Å². The summed E-state index contributed by atoms with van der Waals surface area (Å²) in [5.74, 6) is 0.0914. The van der Waals surface area contributed by atoms with Gasteiger partial charge in [0.05, 0.1) is 14.8 Å². The molecule has 0 aromatic carbocycles. The van der Waals surface area contributed by atoms with E-state index in [-0.39, 0.29) is 5.78 Å². The fourth-order valence-electron chi connectivity index (χ4n) is 1.14. The monoisotopic (exact) mass is 223 g/mol. The largest absolute Gasteiger partial charge is 0.287 e. The Balaban J connectivity index is 2.33. The number of ketones is 1. The highest BCUT2D eigenvalue weighted by atomic mass is 32.1. The van der Waals surface area contributed by atoms with Crippen LogP contribution in [0, 0.1) is 13.8 Å². The SMILES string of the molecule is Cc1ccc(C(=O)c2cnc(C)s2)s1. The molecule has 0 saturated heterocycles. The summed E-state index contributed by atoms with van der Waals surface area (Å²) in [4.78, 5) is 18.6. The lowest BCUT2D eigenvalue weighted by Crippen LogP contribution is -1.93. The molecule has 0 aliphatic heterocycles. The Bertz CT molecular complexity index is 428. The van der Waals surface area contributed by atoms with Crippen molar-refractivity contribution in [2.24, 2.45) is 0 Å². The van der Waals surface area contributed by atoms with Crippen LogP contribution in [0.1, 0.15) is 24.4 Å². The quantitative estimate of drug-likeness (QED) is 0.732. The van der Waals surface area contributed by atoms with Gasteiger partial charge in [-0.05, 0) is 26.0 Å². The molecule has 0 atom stereocenters. The maximum absolute atomic E-state index is 11.9. The number of nitrogens with zero attached hydrogens (tertiary/aromatic N) is 1. The molecule has 2 heterocycles. The van der Waals surface area contributed by atoms with Gasteiger partial charge in [-0.1, -0.05) is 0 Å². The number of carbonyl (C=O) groups excluding carboxylic acids is 1. The van der Waals surface area contributed by atoms with Crippen molar-refractivity contribution in [2.45, 2.75) is 13.8 Å². The molecule has 0 fully saturated rings.